The normalized spacial score (nSPS) is 16.9. The van der Waals surface area contributed by atoms with Gasteiger partial charge in [-0.2, -0.15) is 0 Å². The summed E-state index contributed by atoms with van der Waals surface area (Å²) in [6.07, 6.45) is 1.15. The lowest BCUT2D eigenvalue weighted by Crippen LogP contribution is -2.40. The molecule has 0 bridgehead atoms. The van der Waals surface area contributed by atoms with Gasteiger partial charge in [-0.25, -0.2) is 12.7 Å². The topological polar surface area (TPSA) is 90.0 Å². The first kappa shape index (κ1) is 23.4. The van der Waals surface area contributed by atoms with Crippen LogP contribution in [0, 0.1) is 12.8 Å². The predicted octanol–water partition coefficient (Wildman–Crippen LogP) is 2.63. The predicted molar refractivity (Wildman–Crippen MR) is 121 cm³/mol. The van der Waals surface area contributed by atoms with E-state index in [1.54, 1.807) is 19.1 Å². The standard InChI is InChI=1S/C23H31N3O4S/c1-17-9-10-20(15-21(17)31(29,30)25(2)3)24-22(27)16-26-13-11-19(12-14-26)23(28)18-7-5-4-6-8-18/h4-10,15,19,23,28H,11-14,16H2,1-3H3,(H,24,27). The molecule has 1 fully saturated rings. The number of amides is 1. The van der Waals surface area contributed by atoms with Gasteiger partial charge in [0.05, 0.1) is 17.5 Å². The van der Waals surface area contributed by atoms with E-state index >= 15 is 0 Å². The van der Waals surface area contributed by atoms with Crippen molar-refractivity contribution >= 4 is 21.6 Å². The maximum atomic E-state index is 12.5. The molecule has 1 aliphatic rings. The van der Waals surface area contributed by atoms with Gasteiger partial charge in [0, 0.05) is 19.8 Å². The van der Waals surface area contributed by atoms with Crippen molar-refractivity contribution in [1.82, 2.24) is 9.21 Å². The van der Waals surface area contributed by atoms with Crippen molar-refractivity contribution in [2.45, 2.75) is 30.8 Å². The lowest BCUT2D eigenvalue weighted by Gasteiger charge is -2.34. The van der Waals surface area contributed by atoms with Gasteiger partial charge < -0.3 is 10.4 Å². The minimum absolute atomic E-state index is 0.178. The Balaban J connectivity index is 1.55. The van der Waals surface area contributed by atoms with Crippen LogP contribution >= 0.6 is 0 Å². The largest absolute Gasteiger partial charge is 0.388 e. The number of benzene rings is 2. The number of aliphatic hydroxyl groups is 1. The molecule has 0 radical (unpaired) electrons. The molecule has 1 saturated heterocycles. The molecular weight excluding hydrogens is 414 g/mol. The Hall–Kier alpha value is -2.26. The molecule has 168 valence electrons. The maximum Gasteiger partial charge on any atom is 0.242 e. The van der Waals surface area contributed by atoms with Crippen LogP contribution in [0.25, 0.3) is 0 Å². The molecule has 3 rings (SSSR count). The summed E-state index contributed by atoms with van der Waals surface area (Å²) in [5.74, 6) is -0.00304. The molecule has 31 heavy (non-hydrogen) atoms. The molecule has 1 atom stereocenters. The second-order valence-electron chi connectivity index (χ2n) is 8.28. The molecule has 0 aromatic heterocycles. The summed E-state index contributed by atoms with van der Waals surface area (Å²) in [4.78, 5) is 14.8. The minimum atomic E-state index is -3.58. The van der Waals surface area contributed by atoms with Crippen LogP contribution in [0.15, 0.2) is 53.4 Å². The zero-order chi connectivity index (χ0) is 22.6. The third kappa shape index (κ3) is 5.71. The van der Waals surface area contributed by atoms with E-state index in [0.29, 0.717) is 11.3 Å². The molecule has 0 aliphatic carbocycles. The summed E-state index contributed by atoms with van der Waals surface area (Å²) >= 11 is 0. The number of rotatable bonds is 7. The quantitative estimate of drug-likeness (QED) is 0.684. The van der Waals surface area contributed by atoms with E-state index in [9.17, 15) is 18.3 Å². The zero-order valence-electron chi connectivity index (χ0n) is 18.3. The van der Waals surface area contributed by atoms with Crippen LogP contribution in [-0.2, 0) is 14.8 Å². The third-order valence-electron chi connectivity index (χ3n) is 5.82. The van der Waals surface area contributed by atoms with Gasteiger partial charge in [-0.1, -0.05) is 36.4 Å². The molecule has 1 heterocycles. The molecule has 2 aromatic rings. The van der Waals surface area contributed by atoms with Crippen molar-refractivity contribution in [2.24, 2.45) is 5.92 Å². The molecule has 1 unspecified atom stereocenters. The van der Waals surface area contributed by atoms with Crippen LogP contribution in [-0.4, -0.2) is 62.4 Å². The molecule has 8 heteroatoms. The first-order valence-corrected chi connectivity index (χ1v) is 11.9. The van der Waals surface area contributed by atoms with E-state index in [-0.39, 0.29) is 23.3 Å². The van der Waals surface area contributed by atoms with Gasteiger partial charge in [0.1, 0.15) is 0 Å². The average molecular weight is 446 g/mol. The number of piperidine rings is 1. The van der Waals surface area contributed by atoms with Crippen LogP contribution in [0.2, 0.25) is 0 Å². The number of carbonyl (C=O) groups is 1. The summed E-state index contributed by atoms with van der Waals surface area (Å²) in [5.41, 5.74) is 2.03. The van der Waals surface area contributed by atoms with E-state index in [4.69, 9.17) is 0 Å². The SMILES string of the molecule is Cc1ccc(NC(=O)CN2CCC(C(O)c3ccccc3)CC2)cc1S(=O)(=O)N(C)C. The zero-order valence-corrected chi connectivity index (χ0v) is 19.1. The number of anilines is 1. The molecular formula is C23H31N3O4S. The second kappa shape index (κ2) is 9.91. The summed E-state index contributed by atoms with van der Waals surface area (Å²) in [6.45, 7) is 3.43. The van der Waals surface area contributed by atoms with Crippen molar-refractivity contribution in [3.8, 4) is 0 Å². The van der Waals surface area contributed by atoms with Gasteiger partial charge in [-0.3, -0.25) is 9.69 Å². The van der Waals surface area contributed by atoms with Crippen molar-refractivity contribution in [3.05, 3.63) is 59.7 Å². The number of nitrogens with one attached hydrogen (secondary N) is 1. The highest BCUT2D eigenvalue weighted by atomic mass is 32.2. The molecule has 1 amide bonds. The van der Waals surface area contributed by atoms with E-state index in [2.05, 4.69) is 10.2 Å². The average Bonchev–Trinajstić information content (AvgIpc) is 2.75. The number of nitrogens with zero attached hydrogens (tertiary/aromatic N) is 2. The fourth-order valence-corrected chi connectivity index (χ4v) is 5.05. The number of hydrogen-bond acceptors (Lipinski definition) is 5. The van der Waals surface area contributed by atoms with Crippen molar-refractivity contribution in [3.63, 3.8) is 0 Å². The number of sulfonamides is 1. The fraction of sp³-hybridized carbons (Fsp3) is 0.435. The summed E-state index contributed by atoms with van der Waals surface area (Å²) < 4.78 is 26.1. The lowest BCUT2D eigenvalue weighted by atomic mass is 9.87. The fourth-order valence-electron chi connectivity index (χ4n) is 3.91. The van der Waals surface area contributed by atoms with E-state index in [0.717, 1.165) is 35.8 Å². The highest BCUT2D eigenvalue weighted by Gasteiger charge is 2.27. The Labute approximate surface area is 184 Å². The van der Waals surface area contributed by atoms with Crippen LogP contribution in [0.1, 0.15) is 30.1 Å². The Morgan fingerprint density at radius 1 is 1.16 bits per heavy atom. The summed E-state index contributed by atoms with van der Waals surface area (Å²) in [5, 5.41) is 13.4. The van der Waals surface area contributed by atoms with Crippen molar-refractivity contribution in [1.29, 1.82) is 0 Å². The van der Waals surface area contributed by atoms with Gasteiger partial charge in [-0.05, 0) is 62.0 Å². The molecule has 0 spiro atoms. The number of hydrogen-bond donors (Lipinski definition) is 2. The second-order valence-corrected chi connectivity index (χ2v) is 10.4. The van der Waals surface area contributed by atoms with Gasteiger partial charge in [0.2, 0.25) is 15.9 Å². The lowest BCUT2D eigenvalue weighted by molar-refractivity contribution is -0.117. The minimum Gasteiger partial charge on any atom is -0.388 e. The first-order chi connectivity index (χ1) is 14.7. The summed E-state index contributed by atoms with van der Waals surface area (Å²) in [7, 11) is -0.613. The van der Waals surface area contributed by atoms with Crippen molar-refractivity contribution < 1.29 is 18.3 Å². The van der Waals surface area contributed by atoms with Gasteiger partial charge >= 0.3 is 0 Å². The van der Waals surface area contributed by atoms with Crippen LogP contribution < -0.4 is 5.32 Å². The highest BCUT2D eigenvalue weighted by molar-refractivity contribution is 7.89. The van der Waals surface area contributed by atoms with Crippen LogP contribution in [0.5, 0.6) is 0 Å². The number of likely N-dealkylation sites (tertiary alicyclic amines) is 1. The van der Waals surface area contributed by atoms with E-state index < -0.39 is 16.1 Å². The van der Waals surface area contributed by atoms with Crippen LogP contribution in [0.4, 0.5) is 5.69 Å². The Bertz CT molecular complexity index is 1000. The Morgan fingerprint density at radius 3 is 2.42 bits per heavy atom. The molecule has 7 nitrogen and oxygen atoms in total. The molecule has 2 N–H and O–H groups in total. The Morgan fingerprint density at radius 2 is 1.81 bits per heavy atom. The molecule has 2 aromatic carbocycles. The summed E-state index contributed by atoms with van der Waals surface area (Å²) in [6, 6.07) is 14.6. The number of aryl methyl sites for hydroxylation is 1. The molecule has 0 saturated carbocycles. The van der Waals surface area contributed by atoms with Gasteiger partial charge in [-0.15, -0.1) is 0 Å². The molecule has 1 aliphatic heterocycles. The number of carbonyl (C=O) groups excluding carboxylic acids is 1. The van der Waals surface area contributed by atoms with Gasteiger partial charge in [0.15, 0.2) is 0 Å². The Kier molecular flexibility index (Phi) is 7.48. The monoisotopic (exact) mass is 445 g/mol. The van der Waals surface area contributed by atoms with E-state index in [1.165, 1.54) is 20.2 Å². The van der Waals surface area contributed by atoms with Crippen LogP contribution in [0.3, 0.4) is 0 Å². The van der Waals surface area contributed by atoms with Crippen molar-refractivity contribution in [2.75, 3.05) is 39.0 Å². The maximum absolute atomic E-state index is 12.5. The van der Waals surface area contributed by atoms with Gasteiger partial charge in [0.25, 0.3) is 0 Å². The number of aliphatic hydroxyl groups excluding tert-OH is 1. The highest BCUT2D eigenvalue weighted by Crippen LogP contribution is 2.30. The smallest absolute Gasteiger partial charge is 0.242 e. The first-order valence-electron chi connectivity index (χ1n) is 10.5. The third-order valence-corrected chi connectivity index (χ3v) is 7.77. The van der Waals surface area contributed by atoms with E-state index in [1.807, 2.05) is 30.3 Å².